The molecule has 3 saturated heterocycles. The van der Waals surface area contributed by atoms with E-state index in [1.807, 2.05) is 9.80 Å². The number of nitrogens with zero attached hydrogens (tertiary/aromatic N) is 5. The van der Waals surface area contributed by atoms with Crippen molar-refractivity contribution in [2.45, 2.75) is 63.7 Å². The second-order valence-electron chi connectivity index (χ2n) is 15.3. The SMILES string of the molecule is CC(C)(C(=O)Nc1ccc(C(F)(F)F)cc1N1CC2CCCC2C1)n1cc(C#CC2CN(c3ccc4c(c3)C(=O)N(C3CCC(=O)NC3=O)C4=O)C2)cn1. The monoisotopic (exact) mass is 741 g/mol. The van der Waals surface area contributed by atoms with Crippen LogP contribution in [-0.4, -0.2) is 76.4 Å². The van der Waals surface area contributed by atoms with Gasteiger partial charge in [0.15, 0.2) is 0 Å². The van der Waals surface area contributed by atoms with Gasteiger partial charge in [0, 0.05) is 44.5 Å². The molecule has 3 atom stereocenters. The zero-order valence-electron chi connectivity index (χ0n) is 29.7. The van der Waals surface area contributed by atoms with Crippen LogP contribution in [0.2, 0.25) is 0 Å². The summed E-state index contributed by atoms with van der Waals surface area (Å²) in [5.41, 5.74) is 0.498. The standard InChI is InChI=1S/C39H38F3N7O5/c1-38(2,37(54)44-30-11-8-26(39(40,41)42)14-32(30)47-20-24-4-3-5-25(24)21-47)48-19-22(16-43-48)6-7-23-17-46(18-23)27-9-10-28-29(15-27)36(53)49(35(28)52)31-12-13-33(50)45-34(31)51/h8-11,14-16,19,23-25,31H,3-5,12-13,17-18,20-21H2,1-2H3,(H,44,54)(H,45,50,51). The Hall–Kier alpha value is -5.65. The van der Waals surface area contributed by atoms with Crippen molar-refractivity contribution in [1.29, 1.82) is 0 Å². The molecule has 280 valence electrons. The van der Waals surface area contributed by atoms with Crippen LogP contribution in [0.5, 0.6) is 0 Å². The number of halogens is 3. The van der Waals surface area contributed by atoms with E-state index in [1.165, 1.54) is 10.7 Å². The van der Waals surface area contributed by atoms with Crippen molar-refractivity contribution in [1.82, 2.24) is 20.0 Å². The summed E-state index contributed by atoms with van der Waals surface area (Å²) in [7, 11) is 0. The quantitative estimate of drug-likeness (QED) is 0.281. The molecule has 1 aliphatic carbocycles. The second-order valence-corrected chi connectivity index (χ2v) is 15.3. The maximum Gasteiger partial charge on any atom is 0.416 e. The van der Waals surface area contributed by atoms with Gasteiger partial charge in [-0.3, -0.25) is 38.9 Å². The number of carbonyl (C=O) groups excluding carboxylic acids is 5. The first-order chi connectivity index (χ1) is 25.7. The molecule has 2 aromatic carbocycles. The highest BCUT2D eigenvalue weighted by Gasteiger charge is 2.45. The summed E-state index contributed by atoms with van der Waals surface area (Å²) in [4.78, 5) is 68.8. The number of benzene rings is 2. The first kappa shape index (κ1) is 35.4. The van der Waals surface area contributed by atoms with Gasteiger partial charge in [-0.2, -0.15) is 18.3 Å². The van der Waals surface area contributed by atoms with Crippen molar-refractivity contribution in [3.8, 4) is 11.8 Å². The summed E-state index contributed by atoms with van der Waals surface area (Å²) in [5, 5.41) is 9.48. The van der Waals surface area contributed by atoms with Gasteiger partial charge in [0.2, 0.25) is 11.8 Å². The number of anilines is 3. The molecule has 0 radical (unpaired) electrons. The average molecular weight is 742 g/mol. The number of carbonyl (C=O) groups is 5. The predicted octanol–water partition coefficient (Wildman–Crippen LogP) is 4.40. The summed E-state index contributed by atoms with van der Waals surface area (Å²) in [5.74, 6) is 4.59. The molecule has 2 N–H and O–H groups in total. The summed E-state index contributed by atoms with van der Waals surface area (Å²) < 4.78 is 42.6. The molecule has 3 unspecified atom stereocenters. The van der Waals surface area contributed by atoms with Crippen LogP contribution in [0.3, 0.4) is 0 Å². The lowest BCUT2D eigenvalue weighted by Crippen LogP contribution is -2.54. The predicted molar refractivity (Wildman–Crippen MR) is 190 cm³/mol. The van der Waals surface area contributed by atoms with Crippen LogP contribution in [0.1, 0.15) is 77.8 Å². The van der Waals surface area contributed by atoms with Gasteiger partial charge in [-0.15, -0.1) is 0 Å². The molecule has 5 amide bonds. The van der Waals surface area contributed by atoms with E-state index in [0.717, 1.165) is 42.0 Å². The first-order valence-corrected chi connectivity index (χ1v) is 18.1. The smallest absolute Gasteiger partial charge is 0.369 e. The molecule has 12 nitrogen and oxygen atoms in total. The number of alkyl halides is 3. The highest BCUT2D eigenvalue weighted by atomic mass is 19.4. The Balaban J connectivity index is 0.907. The van der Waals surface area contributed by atoms with Crippen molar-refractivity contribution in [2.75, 3.05) is 41.3 Å². The third-order valence-corrected chi connectivity index (χ3v) is 11.4. The number of rotatable bonds is 6. The largest absolute Gasteiger partial charge is 0.416 e. The Morgan fingerprint density at radius 1 is 0.907 bits per heavy atom. The molecule has 1 aromatic heterocycles. The molecule has 5 heterocycles. The van der Waals surface area contributed by atoms with Crippen LogP contribution in [0.15, 0.2) is 48.8 Å². The van der Waals surface area contributed by atoms with E-state index in [2.05, 4.69) is 27.6 Å². The number of aromatic nitrogens is 2. The van der Waals surface area contributed by atoms with Crippen LogP contribution in [0.4, 0.5) is 30.2 Å². The first-order valence-electron chi connectivity index (χ1n) is 18.1. The number of hydrogen-bond acceptors (Lipinski definition) is 8. The van der Waals surface area contributed by atoms with Crippen LogP contribution in [-0.2, 0) is 26.1 Å². The molecular formula is C39H38F3N7O5. The van der Waals surface area contributed by atoms with E-state index < -0.39 is 52.9 Å². The lowest BCUT2D eigenvalue weighted by molar-refractivity contribution is -0.138. The Kier molecular flexibility index (Phi) is 8.54. The van der Waals surface area contributed by atoms with Gasteiger partial charge >= 0.3 is 6.18 Å². The fourth-order valence-electron chi connectivity index (χ4n) is 8.20. The normalized spacial score (nSPS) is 22.8. The van der Waals surface area contributed by atoms with Gasteiger partial charge in [-0.25, -0.2) is 0 Å². The molecule has 54 heavy (non-hydrogen) atoms. The molecule has 5 aliphatic rings. The number of fused-ring (bicyclic) bond motifs is 2. The van der Waals surface area contributed by atoms with Crippen LogP contribution in [0, 0.1) is 29.6 Å². The lowest BCUT2D eigenvalue weighted by atomic mass is 9.98. The summed E-state index contributed by atoms with van der Waals surface area (Å²) in [6, 6.07) is 7.41. The Morgan fingerprint density at radius 3 is 2.33 bits per heavy atom. The van der Waals surface area contributed by atoms with Gasteiger partial charge in [0.25, 0.3) is 17.7 Å². The minimum absolute atomic E-state index is 0.00145. The van der Waals surface area contributed by atoms with E-state index in [-0.39, 0.29) is 29.9 Å². The Morgan fingerprint density at radius 2 is 1.63 bits per heavy atom. The minimum atomic E-state index is -4.51. The lowest BCUT2D eigenvalue weighted by Gasteiger charge is -2.38. The van der Waals surface area contributed by atoms with E-state index in [1.54, 1.807) is 44.4 Å². The maximum atomic E-state index is 13.7. The zero-order valence-corrected chi connectivity index (χ0v) is 29.7. The number of imide groups is 2. The van der Waals surface area contributed by atoms with Crippen molar-refractivity contribution < 1.29 is 37.1 Å². The molecule has 4 aliphatic heterocycles. The highest BCUT2D eigenvalue weighted by molar-refractivity contribution is 6.23. The molecule has 4 fully saturated rings. The number of hydrogen-bond donors (Lipinski definition) is 2. The van der Waals surface area contributed by atoms with E-state index in [4.69, 9.17) is 0 Å². The van der Waals surface area contributed by atoms with E-state index in [9.17, 15) is 37.1 Å². The molecule has 1 saturated carbocycles. The van der Waals surface area contributed by atoms with Gasteiger partial charge in [-0.1, -0.05) is 18.3 Å². The number of piperidine rings is 1. The summed E-state index contributed by atoms with van der Waals surface area (Å²) in [6.07, 6.45) is 2.10. The van der Waals surface area contributed by atoms with Crippen LogP contribution >= 0.6 is 0 Å². The maximum absolute atomic E-state index is 13.7. The van der Waals surface area contributed by atoms with Crippen molar-refractivity contribution in [3.63, 3.8) is 0 Å². The summed E-state index contributed by atoms with van der Waals surface area (Å²) >= 11 is 0. The third kappa shape index (κ3) is 6.27. The zero-order chi connectivity index (χ0) is 38.1. The van der Waals surface area contributed by atoms with E-state index >= 15 is 0 Å². The van der Waals surface area contributed by atoms with Crippen LogP contribution in [0.25, 0.3) is 0 Å². The molecular weight excluding hydrogens is 703 g/mol. The van der Waals surface area contributed by atoms with Gasteiger partial charge in [-0.05, 0) is 81.3 Å². The Bertz CT molecular complexity index is 2150. The minimum Gasteiger partial charge on any atom is -0.369 e. The second kappa shape index (κ2) is 13.0. The topological polar surface area (TPSA) is 137 Å². The molecule has 3 aromatic rings. The average Bonchev–Trinajstić information content (AvgIpc) is 3.89. The van der Waals surface area contributed by atoms with E-state index in [0.29, 0.717) is 55.0 Å². The molecule has 15 heteroatoms. The highest BCUT2D eigenvalue weighted by Crippen LogP contribution is 2.43. The fraction of sp³-hybridized carbons (Fsp3) is 0.436. The fourth-order valence-corrected chi connectivity index (χ4v) is 8.20. The van der Waals surface area contributed by atoms with Gasteiger partial charge in [0.05, 0.1) is 45.7 Å². The third-order valence-electron chi connectivity index (χ3n) is 11.4. The molecule has 0 bridgehead atoms. The van der Waals surface area contributed by atoms with Gasteiger partial charge in [0.1, 0.15) is 11.6 Å². The van der Waals surface area contributed by atoms with Crippen molar-refractivity contribution in [2.24, 2.45) is 17.8 Å². The molecule has 0 spiro atoms. The molecule has 8 rings (SSSR count). The van der Waals surface area contributed by atoms with Crippen LogP contribution < -0.4 is 20.4 Å². The Labute approximate surface area is 309 Å². The number of amides is 5. The van der Waals surface area contributed by atoms with Gasteiger partial charge < -0.3 is 15.1 Å². The van der Waals surface area contributed by atoms with Crippen molar-refractivity contribution >= 4 is 46.6 Å². The van der Waals surface area contributed by atoms with Crippen molar-refractivity contribution in [3.05, 3.63) is 71.0 Å². The number of nitrogens with one attached hydrogen (secondary N) is 2. The summed E-state index contributed by atoms with van der Waals surface area (Å²) in [6.45, 7) is 5.83.